The van der Waals surface area contributed by atoms with Crippen molar-refractivity contribution in [1.29, 1.82) is 0 Å². The van der Waals surface area contributed by atoms with Gasteiger partial charge in [-0.15, -0.1) is 23.2 Å². The molecule has 0 saturated heterocycles. The van der Waals surface area contributed by atoms with Gasteiger partial charge in [-0.05, 0) is 29.9 Å². The molecule has 78 valence electrons. The van der Waals surface area contributed by atoms with Crippen molar-refractivity contribution >= 4 is 40.0 Å². The SMILES string of the molecule is CCC(CCl)C(CCCl)CC(=O)Cl. The fraction of sp³-hybridized carbons (Fsp3) is 0.889. The Morgan fingerprint density at radius 1 is 1.31 bits per heavy atom. The van der Waals surface area contributed by atoms with Crippen molar-refractivity contribution in [2.24, 2.45) is 11.8 Å². The minimum Gasteiger partial charge on any atom is -0.281 e. The quantitative estimate of drug-likeness (QED) is 0.494. The molecule has 0 fully saturated rings. The lowest BCUT2D eigenvalue weighted by Crippen LogP contribution is -2.18. The van der Waals surface area contributed by atoms with Gasteiger partial charge in [0.2, 0.25) is 5.24 Å². The molecule has 0 aromatic carbocycles. The Kier molecular flexibility index (Phi) is 8.23. The molecule has 0 aliphatic carbocycles. The zero-order valence-electron chi connectivity index (χ0n) is 7.73. The van der Waals surface area contributed by atoms with Crippen molar-refractivity contribution in [2.75, 3.05) is 11.8 Å². The second-order valence-corrected chi connectivity index (χ2v) is 4.23. The van der Waals surface area contributed by atoms with E-state index in [1.807, 2.05) is 0 Å². The van der Waals surface area contributed by atoms with Gasteiger partial charge in [0.25, 0.3) is 0 Å². The summed E-state index contributed by atoms with van der Waals surface area (Å²) in [6.07, 6.45) is 2.17. The van der Waals surface area contributed by atoms with Crippen molar-refractivity contribution in [2.45, 2.75) is 26.2 Å². The van der Waals surface area contributed by atoms with Crippen LogP contribution in [0.4, 0.5) is 0 Å². The van der Waals surface area contributed by atoms with Crippen LogP contribution in [0.25, 0.3) is 0 Å². The summed E-state index contributed by atoms with van der Waals surface area (Å²) in [5.41, 5.74) is 0. The lowest BCUT2D eigenvalue weighted by molar-refractivity contribution is -0.112. The summed E-state index contributed by atoms with van der Waals surface area (Å²) in [7, 11) is 0. The van der Waals surface area contributed by atoms with Gasteiger partial charge in [-0.1, -0.05) is 13.3 Å². The van der Waals surface area contributed by atoms with E-state index >= 15 is 0 Å². The lowest BCUT2D eigenvalue weighted by Gasteiger charge is -2.22. The molecule has 0 saturated carbocycles. The maximum absolute atomic E-state index is 10.7. The Balaban J connectivity index is 4.11. The van der Waals surface area contributed by atoms with E-state index in [1.165, 1.54) is 0 Å². The molecule has 0 spiro atoms. The van der Waals surface area contributed by atoms with Gasteiger partial charge in [-0.3, -0.25) is 4.79 Å². The van der Waals surface area contributed by atoms with Crippen LogP contribution in [0.3, 0.4) is 0 Å². The highest BCUT2D eigenvalue weighted by atomic mass is 35.5. The molecule has 0 aromatic heterocycles. The number of hydrogen-bond donors (Lipinski definition) is 0. The largest absolute Gasteiger partial charge is 0.281 e. The van der Waals surface area contributed by atoms with E-state index in [2.05, 4.69) is 6.92 Å². The number of hydrogen-bond acceptors (Lipinski definition) is 1. The maximum Gasteiger partial charge on any atom is 0.221 e. The van der Waals surface area contributed by atoms with Crippen molar-refractivity contribution in [3.8, 4) is 0 Å². The summed E-state index contributed by atoms with van der Waals surface area (Å²) < 4.78 is 0. The van der Waals surface area contributed by atoms with E-state index < -0.39 is 0 Å². The third-order valence-electron chi connectivity index (χ3n) is 2.29. The van der Waals surface area contributed by atoms with Crippen LogP contribution < -0.4 is 0 Å². The minimum atomic E-state index is -0.293. The number of halogens is 3. The molecule has 0 heterocycles. The highest BCUT2D eigenvalue weighted by Gasteiger charge is 2.20. The second kappa shape index (κ2) is 7.90. The Labute approximate surface area is 94.7 Å². The predicted molar refractivity (Wildman–Crippen MR) is 58.8 cm³/mol. The van der Waals surface area contributed by atoms with Crippen molar-refractivity contribution < 1.29 is 4.79 Å². The molecule has 0 rings (SSSR count). The molecule has 0 amide bonds. The minimum absolute atomic E-state index is 0.241. The number of carbonyl (C=O) groups is 1. The molecule has 2 unspecified atom stereocenters. The average molecular weight is 246 g/mol. The monoisotopic (exact) mass is 244 g/mol. The molecule has 0 N–H and O–H groups in total. The molecule has 0 aliphatic heterocycles. The van der Waals surface area contributed by atoms with E-state index in [0.717, 1.165) is 12.8 Å². The molecule has 4 heteroatoms. The van der Waals surface area contributed by atoms with Crippen LogP contribution in [0.15, 0.2) is 0 Å². The molecule has 0 radical (unpaired) electrons. The summed E-state index contributed by atoms with van der Waals surface area (Å²) in [6, 6.07) is 0. The molecule has 0 aromatic rings. The zero-order chi connectivity index (χ0) is 10.3. The first kappa shape index (κ1) is 13.5. The van der Waals surface area contributed by atoms with Gasteiger partial charge in [0.15, 0.2) is 0 Å². The number of carbonyl (C=O) groups excluding carboxylic acids is 1. The van der Waals surface area contributed by atoms with Crippen molar-refractivity contribution in [1.82, 2.24) is 0 Å². The molecule has 0 aliphatic rings. The Hall–Kier alpha value is 0.540. The van der Waals surface area contributed by atoms with Crippen LogP contribution in [0.5, 0.6) is 0 Å². The van der Waals surface area contributed by atoms with E-state index in [1.54, 1.807) is 0 Å². The number of alkyl halides is 2. The number of rotatable bonds is 7. The highest BCUT2D eigenvalue weighted by Crippen LogP contribution is 2.25. The van der Waals surface area contributed by atoms with Crippen LogP contribution >= 0.6 is 34.8 Å². The molecule has 2 atom stereocenters. The van der Waals surface area contributed by atoms with E-state index in [-0.39, 0.29) is 11.2 Å². The topological polar surface area (TPSA) is 17.1 Å². The summed E-state index contributed by atoms with van der Waals surface area (Å²) in [6.45, 7) is 2.06. The van der Waals surface area contributed by atoms with Gasteiger partial charge < -0.3 is 0 Å². The van der Waals surface area contributed by atoms with Crippen LogP contribution in [-0.2, 0) is 4.79 Å². The van der Waals surface area contributed by atoms with Crippen molar-refractivity contribution in [3.05, 3.63) is 0 Å². The van der Waals surface area contributed by atoms with E-state index in [0.29, 0.717) is 24.1 Å². The molecular formula is C9H15Cl3O. The first-order valence-electron chi connectivity index (χ1n) is 4.45. The summed E-state index contributed by atoms with van der Waals surface area (Å²) in [5, 5.41) is -0.293. The van der Waals surface area contributed by atoms with Gasteiger partial charge >= 0.3 is 0 Å². The zero-order valence-corrected chi connectivity index (χ0v) is 10.0. The highest BCUT2D eigenvalue weighted by molar-refractivity contribution is 6.63. The average Bonchev–Trinajstić information content (AvgIpc) is 2.05. The summed E-state index contributed by atoms with van der Waals surface area (Å²) >= 11 is 16.8. The van der Waals surface area contributed by atoms with Gasteiger partial charge in [0.05, 0.1) is 0 Å². The Morgan fingerprint density at radius 2 is 1.92 bits per heavy atom. The third-order valence-corrected chi connectivity index (χ3v) is 3.06. The van der Waals surface area contributed by atoms with Crippen LogP contribution in [0.2, 0.25) is 0 Å². The Morgan fingerprint density at radius 3 is 2.23 bits per heavy atom. The summed E-state index contributed by atoms with van der Waals surface area (Å²) in [4.78, 5) is 10.7. The summed E-state index contributed by atoms with van der Waals surface area (Å²) in [5.74, 6) is 1.72. The van der Waals surface area contributed by atoms with Gasteiger partial charge in [0.1, 0.15) is 0 Å². The van der Waals surface area contributed by atoms with Gasteiger partial charge in [0, 0.05) is 18.2 Å². The van der Waals surface area contributed by atoms with E-state index in [4.69, 9.17) is 34.8 Å². The predicted octanol–water partition coefficient (Wildman–Crippen LogP) is 3.65. The van der Waals surface area contributed by atoms with Crippen molar-refractivity contribution in [3.63, 3.8) is 0 Å². The van der Waals surface area contributed by atoms with Crippen LogP contribution in [0, 0.1) is 11.8 Å². The first-order valence-corrected chi connectivity index (χ1v) is 5.90. The van der Waals surface area contributed by atoms with E-state index in [9.17, 15) is 4.79 Å². The molecular weight excluding hydrogens is 230 g/mol. The third kappa shape index (κ3) is 5.77. The lowest BCUT2D eigenvalue weighted by atomic mass is 9.87. The second-order valence-electron chi connectivity index (χ2n) is 3.12. The van der Waals surface area contributed by atoms with Gasteiger partial charge in [-0.2, -0.15) is 0 Å². The first-order chi connectivity index (χ1) is 6.15. The smallest absolute Gasteiger partial charge is 0.221 e. The fourth-order valence-electron chi connectivity index (χ4n) is 1.42. The van der Waals surface area contributed by atoms with Crippen LogP contribution in [0.1, 0.15) is 26.2 Å². The standard InChI is InChI=1S/C9H15Cl3O/c1-2-7(6-11)8(3-4-10)5-9(12)13/h7-8H,2-6H2,1H3. The molecule has 0 bridgehead atoms. The molecule has 1 nitrogen and oxygen atoms in total. The molecule has 13 heavy (non-hydrogen) atoms. The van der Waals surface area contributed by atoms with Gasteiger partial charge in [-0.25, -0.2) is 0 Å². The maximum atomic E-state index is 10.7. The fourth-order valence-corrected chi connectivity index (χ4v) is 2.37. The normalized spacial score (nSPS) is 15.4. The van der Waals surface area contributed by atoms with Crippen LogP contribution in [-0.4, -0.2) is 17.0 Å². The Bertz CT molecular complexity index is 146.